The fraction of sp³-hybridized carbons (Fsp3) is 0.421. The van der Waals surface area contributed by atoms with Gasteiger partial charge in [0.05, 0.1) is 12.3 Å². The van der Waals surface area contributed by atoms with Crippen LogP contribution >= 0.6 is 0 Å². The summed E-state index contributed by atoms with van der Waals surface area (Å²) in [6.07, 6.45) is 2.76. The lowest BCUT2D eigenvalue weighted by Gasteiger charge is -2.24. The average Bonchev–Trinajstić information content (AvgIpc) is 3.07. The largest absolute Gasteiger partial charge is 0.459 e. The van der Waals surface area contributed by atoms with Gasteiger partial charge in [0.2, 0.25) is 0 Å². The predicted octanol–water partition coefficient (Wildman–Crippen LogP) is 3.06. The highest BCUT2D eigenvalue weighted by atomic mass is 16.5. The van der Waals surface area contributed by atoms with Crippen LogP contribution in [0, 0.1) is 6.92 Å². The number of anilines is 1. The Bertz CT molecular complexity index is 777. The van der Waals surface area contributed by atoms with Gasteiger partial charge in [-0.25, -0.2) is 9.48 Å². The van der Waals surface area contributed by atoms with Crippen LogP contribution in [0.5, 0.6) is 0 Å². The Morgan fingerprint density at radius 1 is 1.31 bits per heavy atom. The number of carbonyl (C=O) groups is 2. The van der Waals surface area contributed by atoms with Crippen molar-refractivity contribution in [3.8, 4) is 11.3 Å². The molecule has 1 fully saturated rings. The minimum Gasteiger partial charge on any atom is -0.459 e. The van der Waals surface area contributed by atoms with Crippen LogP contribution in [0.15, 0.2) is 30.3 Å². The zero-order valence-corrected chi connectivity index (χ0v) is 15.0. The molecule has 0 aliphatic carbocycles. The fourth-order valence-electron chi connectivity index (χ4n) is 2.90. The number of aromatic nitrogens is 2. The average molecular weight is 357 g/mol. The summed E-state index contributed by atoms with van der Waals surface area (Å²) in [6.45, 7) is 4.50. The van der Waals surface area contributed by atoms with E-state index in [4.69, 9.17) is 9.47 Å². The molecule has 1 aromatic carbocycles. The van der Waals surface area contributed by atoms with Crippen LogP contribution in [0.2, 0.25) is 0 Å². The van der Waals surface area contributed by atoms with Gasteiger partial charge in [0.1, 0.15) is 0 Å². The molecule has 1 amide bonds. The minimum absolute atomic E-state index is 0.144. The molecule has 2 aromatic rings. The van der Waals surface area contributed by atoms with Crippen LogP contribution < -0.4 is 5.32 Å². The molecule has 3 rings (SSSR count). The first-order valence-electron chi connectivity index (χ1n) is 8.84. The third-order valence-corrected chi connectivity index (χ3v) is 4.21. The maximum atomic E-state index is 11.9. The molecule has 26 heavy (non-hydrogen) atoms. The Kier molecular flexibility index (Phi) is 5.68. The Morgan fingerprint density at radius 3 is 2.73 bits per heavy atom. The van der Waals surface area contributed by atoms with E-state index >= 15 is 0 Å². The summed E-state index contributed by atoms with van der Waals surface area (Å²) in [5, 5.41) is 6.97. The van der Waals surface area contributed by atoms with Crippen molar-refractivity contribution in [2.45, 2.75) is 39.3 Å². The van der Waals surface area contributed by atoms with Gasteiger partial charge in [-0.2, -0.15) is 5.10 Å². The normalized spacial score (nSPS) is 16.9. The fourth-order valence-corrected chi connectivity index (χ4v) is 2.90. The smallest absolute Gasteiger partial charge is 0.397 e. The molecule has 7 heteroatoms. The van der Waals surface area contributed by atoms with Gasteiger partial charge in [-0.1, -0.05) is 29.8 Å². The van der Waals surface area contributed by atoms with Crippen LogP contribution in [0.3, 0.4) is 0 Å². The van der Waals surface area contributed by atoms with E-state index in [0.29, 0.717) is 12.4 Å². The first kappa shape index (κ1) is 18.1. The van der Waals surface area contributed by atoms with E-state index in [2.05, 4.69) is 10.4 Å². The predicted molar refractivity (Wildman–Crippen MR) is 96.5 cm³/mol. The number of hydrogen-bond donors (Lipinski definition) is 1. The number of ether oxygens (including phenoxy) is 2. The highest BCUT2D eigenvalue weighted by molar-refractivity contribution is 6.37. The number of benzene rings is 1. The lowest BCUT2D eigenvalue weighted by molar-refractivity contribution is -0.152. The van der Waals surface area contributed by atoms with Crippen molar-refractivity contribution >= 4 is 17.7 Å². The molecule has 1 atom stereocenters. The summed E-state index contributed by atoms with van der Waals surface area (Å²) in [7, 11) is 0. The van der Waals surface area contributed by atoms with Crippen LogP contribution in [-0.2, 0) is 19.1 Å². The number of rotatable bonds is 4. The van der Waals surface area contributed by atoms with E-state index in [-0.39, 0.29) is 12.8 Å². The van der Waals surface area contributed by atoms with Crippen molar-refractivity contribution in [2.24, 2.45) is 0 Å². The lowest BCUT2D eigenvalue weighted by atomic mass is 10.1. The molecule has 1 aliphatic heterocycles. The van der Waals surface area contributed by atoms with Crippen molar-refractivity contribution in [1.82, 2.24) is 9.78 Å². The molecule has 7 nitrogen and oxygen atoms in total. The molecular weight excluding hydrogens is 334 g/mol. The zero-order valence-electron chi connectivity index (χ0n) is 15.0. The summed E-state index contributed by atoms with van der Waals surface area (Å²) >= 11 is 0. The zero-order chi connectivity index (χ0) is 18.5. The molecule has 1 aromatic heterocycles. The van der Waals surface area contributed by atoms with Crippen LogP contribution in [-0.4, -0.2) is 34.9 Å². The lowest BCUT2D eigenvalue weighted by Crippen LogP contribution is -2.25. The number of hydrogen-bond acceptors (Lipinski definition) is 5. The topological polar surface area (TPSA) is 82.5 Å². The van der Waals surface area contributed by atoms with Crippen LogP contribution in [0.25, 0.3) is 11.3 Å². The Balaban J connectivity index is 1.90. The summed E-state index contributed by atoms with van der Waals surface area (Å²) in [5.74, 6) is -1.46. The van der Waals surface area contributed by atoms with Gasteiger partial charge in [-0.3, -0.25) is 10.1 Å². The number of nitrogens with one attached hydrogen (secondary N) is 1. The number of aryl methyl sites for hydroxylation is 1. The molecule has 0 spiro atoms. The highest BCUT2D eigenvalue weighted by Crippen LogP contribution is 2.30. The number of esters is 1. The molecule has 0 bridgehead atoms. The minimum atomic E-state index is -0.923. The SMILES string of the molecule is CCOC(=O)C(=O)Nc1cc(-c2ccc(C)cc2)n(C2CCCCO2)n1. The summed E-state index contributed by atoms with van der Waals surface area (Å²) in [4.78, 5) is 23.5. The first-order valence-corrected chi connectivity index (χ1v) is 8.84. The van der Waals surface area contributed by atoms with E-state index in [1.165, 1.54) is 0 Å². The summed E-state index contributed by atoms with van der Waals surface area (Å²) < 4.78 is 12.3. The Labute approximate surface area is 152 Å². The van der Waals surface area contributed by atoms with Crippen LogP contribution in [0.4, 0.5) is 5.82 Å². The van der Waals surface area contributed by atoms with Gasteiger partial charge in [0, 0.05) is 18.2 Å². The second-order valence-corrected chi connectivity index (χ2v) is 6.22. The Hall–Kier alpha value is -2.67. The van der Waals surface area contributed by atoms with Crippen molar-refractivity contribution < 1.29 is 19.1 Å². The van der Waals surface area contributed by atoms with E-state index in [9.17, 15) is 9.59 Å². The first-order chi connectivity index (χ1) is 12.6. The second kappa shape index (κ2) is 8.14. The highest BCUT2D eigenvalue weighted by Gasteiger charge is 2.23. The summed E-state index contributed by atoms with van der Waals surface area (Å²) in [6, 6.07) is 9.79. The van der Waals surface area contributed by atoms with E-state index in [1.807, 2.05) is 31.2 Å². The van der Waals surface area contributed by atoms with Crippen molar-refractivity contribution in [2.75, 3.05) is 18.5 Å². The quantitative estimate of drug-likeness (QED) is 0.672. The molecule has 1 unspecified atom stereocenters. The van der Waals surface area contributed by atoms with Gasteiger partial charge in [-0.15, -0.1) is 0 Å². The standard InChI is InChI=1S/C19H23N3O4/c1-3-25-19(24)18(23)20-16-12-15(14-9-7-13(2)8-10-14)22(21-16)17-6-4-5-11-26-17/h7-10,12,17H,3-6,11H2,1-2H3,(H,20,21,23). The maximum Gasteiger partial charge on any atom is 0.397 e. The van der Waals surface area contributed by atoms with Gasteiger partial charge >= 0.3 is 11.9 Å². The molecule has 2 heterocycles. The number of carbonyl (C=O) groups excluding carboxylic acids is 2. The molecule has 0 radical (unpaired) electrons. The molecule has 0 saturated carbocycles. The number of nitrogens with zero attached hydrogens (tertiary/aromatic N) is 2. The van der Waals surface area contributed by atoms with Crippen molar-refractivity contribution in [3.63, 3.8) is 0 Å². The molecule has 138 valence electrons. The summed E-state index contributed by atoms with van der Waals surface area (Å²) in [5.41, 5.74) is 2.95. The van der Waals surface area contributed by atoms with Gasteiger partial charge in [0.15, 0.2) is 12.0 Å². The van der Waals surface area contributed by atoms with Gasteiger partial charge in [0.25, 0.3) is 0 Å². The van der Waals surface area contributed by atoms with Gasteiger partial charge in [-0.05, 0) is 33.1 Å². The molecule has 1 saturated heterocycles. The molecular formula is C19H23N3O4. The third-order valence-electron chi connectivity index (χ3n) is 4.21. The van der Waals surface area contributed by atoms with Crippen LogP contribution in [0.1, 0.15) is 38.0 Å². The second-order valence-electron chi connectivity index (χ2n) is 6.22. The van der Waals surface area contributed by atoms with E-state index in [0.717, 1.165) is 36.1 Å². The number of amides is 1. The van der Waals surface area contributed by atoms with Gasteiger partial charge < -0.3 is 9.47 Å². The molecule has 1 N–H and O–H groups in total. The van der Waals surface area contributed by atoms with Crippen molar-refractivity contribution in [1.29, 1.82) is 0 Å². The maximum absolute atomic E-state index is 11.9. The third kappa shape index (κ3) is 4.11. The van der Waals surface area contributed by atoms with E-state index in [1.54, 1.807) is 17.7 Å². The monoisotopic (exact) mass is 357 g/mol. The van der Waals surface area contributed by atoms with E-state index < -0.39 is 11.9 Å². The van der Waals surface area contributed by atoms with Crippen molar-refractivity contribution in [3.05, 3.63) is 35.9 Å². The Morgan fingerprint density at radius 2 is 2.08 bits per heavy atom. The molecule has 1 aliphatic rings.